The van der Waals surface area contributed by atoms with E-state index in [1.807, 2.05) is 51.1 Å². The first-order chi connectivity index (χ1) is 12.5. The van der Waals surface area contributed by atoms with Crippen molar-refractivity contribution in [2.45, 2.75) is 34.1 Å². The van der Waals surface area contributed by atoms with E-state index in [1.54, 1.807) is 4.68 Å². The summed E-state index contributed by atoms with van der Waals surface area (Å²) in [4.78, 5) is 17.2. The van der Waals surface area contributed by atoms with Crippen LogP contribution < -0.4 is 0 Å². The Bertz CT molecular complexity index is 995. The van der Waals surface area contributed by atoms with Crippen molar-refractivity contribution in [3.8, 4) is 0 Å². The summed E-state index contributed by atoms with van der Waals surface area (Å²) >= 11 is 0. The molecular weight excluding hydrogens is 326 g/mol. The minimum atomic E-state index is -0.512. The fourth-order valence-electron chi connectivity index (χ4n) is 3.14. The molecule has 0 N–H and O–H groups in total. The highest BCUT2D eigenvalue weighted by Crippen LogP contribution is 2.26. The predicted octanol–water partition coefficient (Wildman–Crippen LogP) is 4.28. The molecule has 2 aromatic carbocycles. The summed E-state index contributed by atoms with van der Waals surface area (Å²) in [5.41, 5.74) is 5.66. The van der Waals surface area contributed by atoms with Gasteiger partial charge in [0.25, 0.3) is 0 Å². The molecule has 0 spiro atoms. The zero-order valence-corrected chi connectivity index (χ0v) is 15.8. The van der Waals surface area contributed by atoms with Crippen LogP contribution in [0.25, 0.3) is 10.9 Å². The van der Waals surface area contributed by atoms with Gasteiger partial charge in [-0.05, 0) is 43.9 Å². The third kappa shape index (κ3) is 3.01. The van der Waals surface area contributed by atoms with Gasteiger partial charge in [0.2, 0.25) is 5.84 Å². The number of para-hydroxylation sites is 1. The summed E-state index contributed by atoms with van der Waals surface area (Å²) in [6.45, 7) is 7.98. The van der Waals surface area contributed by atoms with Crippen LogP contribution in [0.1, 0.15) is 29.3 Å². The first kappa shape index (κ1) is 17.9. The molecule has 0 saturated heterocycles. The number of aryl methyl sites for hydroxylation is 4. The number of ether oxygens (including phenoxy) is 1. The van der Waals surface area contributed by atoms with Crippen LogP contribution in [0.4, 0.5) is 5.69 Å². The Morgan fingerprint density at radius 1 is 1.12 bits per heavy atom. The van der Waals surface area contributed by atoms with Crippen molar-refractivity contribution >= 4 is 28.4 Å². The van der Waals surface area contributed by atoms with Crippen LogP contribution in [0, 0.1) is 20.8 Å². The van der Waals surface area contributed by atoms with Gasteiger partial charge < -0.3 is 4.74 Å². The molecule has 1 heterocycles. The lowest BCUT2D eigenvalue weighted by Crippen LogP contribution is -2.26. The molecule has 0 aliphatic rings. The fourth-order valence-corrected chi connectivity index (χ4v) is 3.14. The smallest absolute Gasteiger partial charge is 0.376 e. The van der Waals surface area contributed by atoms with Crippen molar-refractivity contribution in [2.24, 2.45) is 4.99 Å². The second-order valence-corrected chi connectivity index (χ2v) is 6.33. The molecule has 0 saturated carbocycles. The maximum absolute atomic E-state index is 12.5. The van der Waals surface area contributed by atoms with Gasteiger partial charge in [0, 0.05) is 5.39 Å². The number of carbonyl (C=O) groups excluding carboxylic acids is 1. The number of hydrogen-bond acceptors (Lipinski definition) is 4. The van der Waals surface area contributed by atoms with E-state index >= 15 is 0 Å². The zero-order chi connectivity index (χ0) is 18.8. The van der Waals surface area contributed by atoms with E-state index in [0.717, 1.165) is 45.4 Å². The number of rotatable bonds is 2. The topological polar surface area (TPSA) is 56.5 Å². The molecule has 5 nitrogen and oxygen atoms in total. The van der Waals surface area contributed by atoms with Gasteiger partial charge in [-0.1, -0.05) is 43.3 Å². The molecule has 0 amide bonds. The molecule has 3 aromatic rings. The maximum atomic E-state index is 12.5. The molecule has 3 rings (SSSR count). The molecule has 0 fully saturated rings. The van der Waals surface area contributed by atoms with Gasteiger partial charge in [-0.2, -0.15) is 5.10 Å². The van der Waals surface area contributed by atoms with Crippen LogP contribution in [0.15, 0.2) is 41.4 Å². The third-order valence-corrected chi connectivity index (χ3v) is 4.63. The van der Waals surface area contributed by atoms with E-state index in [0.29, 0.717) is 0 Å². The van der Waals surface area contributed by atoms with Crippen molar-refractivity contribution in [3.05, 3.63) is 58.8 Å². The number of methoxy groups -OCH3 is 1. The summed E-state index contributed by atoms with van der Waals surface area (Å²) in [5.74, 6) is -0.345. The number of hydrogen-bond donors (Lipinski definition) is 0. The Kier molecular flexibility index (Phi) is 4.89. The van der Waals surface area contributed by atoms with Crippen molar-refractivity contribution < 1.29 is 9.53 Å². The Balaban J connectivity index is 2.28. The summed E-state index contributed by atoms with van der Waals surface area (Å²) < 4.78 is 6.59. The fraction of sp³-hybridized carbons (Fsp3) is 0.286. The average Bonchev–Trinajstić information content (AvgIpc) is 2.97. The summed E-state index contributed by atoms with van der Waals surface area (Å²) in [7, 11) is 1.36. The van der Waals surface area contributed by atoms with Gasteiger partial charge in [0.05, 0.1) is 24.0 Å². The highest BCUT2D eigenvalue weighted by molar-refractivity contribution is 6.36. The van der Waals surface area contributed by atoms with E-state index in [4.69, 9.17) is 9.84 Å². The molecule has 0 aliphatic carbocycles. The molecular formula is C21H23N3O2. The molecule has 0 atom stereocenters. The molecule has 1 aromatic heterocycles. The first-order valence-electron chi connectivity index (χ1n) is 8.68. The van der Waals surface area contributed by atoms with Crippen molar-refractivity contribution in [3.63, 3.8) is 0 Å². The van der Waals surface area contributed by atoms with Crippen LogP contribution >= 0.6 is 0 Å². The Labute approximate surface area is 153 Å². The van der Waals surface area contributed by atoms with Crippen LogP contribution in [0.5, 0.6) is 0 Å². The quantitative estimate of drug-likeness (QED) is 0.394. The van der Waals surface area contributed by atoms with E-state index < -0.39 is 5.97 Å². The van der Waals surface area contributed by atoms with Crippen LogP contribution in [-0.2, 0) is 16.0 Å². The van der Waals surface area contributed by atoms with Gasteiger partial charge in [-0.15, -0.1) is 0 Å². The van der Waals surface area contributed by atoms with Crippen molar-refractivity contribution in [1.29, 1.82) is 0 Å². The zero-order valence-electron chi connectivity index (χ0n) is 15.8. The highest BCUT2D eigenvalue weighted by Gasteiger charge is 2.21. The second kappa shape index (κ2) is 7.12. The predicted molar refractivity (Wildman–Crippen MR) is 104 cm³/mol. The van der Waals surface area contributed by atoms with Crippen LogP contribution in [-0.4, -0.2) is 28.7 Å². The summed E-state index contributed by atoms with van der Waals surface area (Å²) in [6.07, 6.45) is 0.870. The lowest BCUT2D eigenvalue weighted by molar-refractivity contribution is -0.133. The van der Waals surface area contributed by atoms with Crippen molar-refractivity contribution in [2.75, 3.05) is 7.11 Å². The molecule has 0 bridgehead atoms. The molecule has 5 heteroatoms. The number of aliphatic imine (C=N–C) groups is 1. The largest absolute Gasteiger partial charge is 0.463 e. The Morgan fingerprint density at radius 3 is 2.38 bits per heavy atom. The normalized spacial score (nSPS) is 11.8. The standard InChI is InChI=1S/C21H23N3O2/c1-6-16-11-8-12-17-15(4)24(23-19(16)17)20(21(25)26-5)22-18-13(2)9-7-10-14(18)3/h7-12H,6H2,1-5H3. The number of esters is 1. The summed E-state index contributed by atoms with van der Waals surface area (Å²) in [5, 5.41) is 5.71. The lowest BCUT2D eigenvalue weighted by Gasteiger charge is -2.09. The number of carbonyl (C=O) groups is 1. The Morgan fingerprint density at radius 2 is 1.77 bits per heavy atom. The minimum Gasteiger partial charge on any atom is -0.463 e. The molecule has 134 valence electrons. The Hall–Kier alpha value is -2.95. The number of nitrogens with zero attached hydrogens (tertiary/aromatic N) is 3. The van der Waals surface area contributed by atoms with E-state index in [-0.39, 0.29) is 5.84 Å². The minimum absolute atomic E-state index is 0.167. The maximum Gasteiger partial charge on any atom is 0.376 e. The third-order valence-electron chi connectivity index (χ3n) is 4.63. The second-order valence-electron chi connectivity index (χ2n) is 6.33. The van der Waals surface area contributed by atoms with Gasteiger partial charge in [0.1, 0.15) is 0 Å². The van der Waals surface area contributed by atoms with Gasteiger partial charge in [0.15, 0.2) is 0 Å². The van der Waals surface area contributed by atoms with Crippen molar-refractivity contribution in [1.82, 2.24) is 9.78 Å². The van der Waals surface area contributed by atoms with E-state index in [2.05, 4.69) is 18.0 Å². The summed E-state index contributed by atoms with van der Waals surface area (Å²) in [6, 6.07) is 12.0. The molecule has 0 aliphatic heterocycles. The highest BCUT2D eigenvalue weighted by atomic mass is 16.5. The number of benzene rings is 2. The molecule has 0 radical (unpaired) electrons. The average molecular weight is 349 g/mol. The number of aromatic nitrogens is 2. The van der Waals surface area contributed by atoms with Gasteiger partial charge in [-0.25, -0.2) is 14.5 Å². The van der Waals surface area contributed by atoms with Gasteiger partial charge in [-0.3, -0.25) is 0 Å². The molecule has 26 heavy (non-hydrogen) atoms. The lowest BCUT2D eigenvalue weighted by atomic mass is 10.1. The van der Waals surface area contributed by atoms with Gasteiger partial charge >= 0.3 is 5.97 Å². The van der Waals surface area contributed by atoms with E-state index in [1.165, 1.54) is 7.11 Å². The SMILES string of the molecule is CCc1cccc2c(C)n(C(=Nc3c(C)cccc3C)C(=O)OC)nc12. The number of fused-ring (bicyclic) bond motifs is 1. The van der Waals surface area contributed by atoms with Crippen LogP contribution in [0.3, 0.4) is 0 Å². The first-order valence-corrected chi connectivity index (χ1v) is 8.68. The molecule has 0 unspecified atom stereocenters. The van der Waals surface area contributed by atoms with Crippen LogP contribution in [0.2, 0.25) is 0 Å². The monoisotopic (exact) mass is 349 g/mol. The van der Waals surface area contributed by atoms with E-state index in [9.17, 15) is 4.79 Å².